The highest BCUT2D eigenvalue weighted by molar-refractivity contribution is 7.13. The fraction of sp³-hybridized carbons (Fsp3) is 0.412. The van der Waals surface area contributed by atoms with Crippen molar-refractivity contribution in [1.29, 1.82) is 0 Å². The molecule has 1 aromatic heterocycles. The van der Waals surface area contributed by atoms with Crippen LogP contribution < -0.4 is 5.32 Å². The van der Waals surface area contributed by atoms with Crippen molar-refractivity contribution in [2.45, 2.75) is 12.8 Å². The summed E-state index contributed by atoms with van der Waals surface area (Å²) in [5.74, 6) is 0.620. The summed E-state index contributed by atoms with van der Waals surface area (Å²) in [5.41, 5.74) is 1.65. The van der Waals surface area contributed by atoms with Gasteiger partial charge in [0.2, 0.25) is 0 Å². The lowest BCUT2D eigenvalue weighted by Gasteiger charge is -2.32. The molecule has 1 aromatic carbocycles. The lowest BCUT2D eigenvalue weighted by atomic mass is 9.98. The van der Waals surface area contributed by atoms with E-state index in [2.05, 4.69) is 10.3 Å². The molecule has 3 rings (SSSR count). The predicted octanol–water partition coefficient (Wildman–Crippen LogP) is 2.88. The molecule has 1 amide bonds. The number of nitrogens with one attached hydrogen (secondary N) is 1. The molecule has 2 heterocycles. The van der Waals surface area contributed by atoms with E-state index < -0.39 is 0 Å². The van der Waals surface area contributed by atoms with E-state index in [0.29, 0.717) is 11.6 Å². The Morgan fingerprint density at radius 2 is 2.23 bits per heavy atom. The second kappa shape index (κ2) is 7.03. The van der Waals surface area contributed by atoms with Crippen LogP contribution in [0.1, 0.15) is 23.3 Å². The number of amides is 1. The monoisotopic (exact) mass is 315 g/mol. The molecule has 0 radical (unpaired) electrons. The fourth-order valence-electron chi connectivity index (χ4n) is 2.95. The number of hydrogen-bond acceptors (Lipinski definition) is 4. The normalized spacial score (nSPS) is 18.4. The van der Waals surface area contributed by atoms with E-state index in [-0.39, 0.29) is 5.91 Å². The molecule has 1 N–H and O–H groups in total. The molecule has 4 nitrogen and oxygen atoms in total. The molecule has 5 heteroatoms. The first kappa shape index (κ1) is 15.2. The standard InChI is InChI=1S/C17H21N3OS/c1-18-10-13-6-5-9-20(11-13)17(21)15-12-22-16(19-15)14-7-3-2-4-8-14/h2-4,7-8,12-13,18H,5-6,9-11H2,1H3. The summed E-state index contributed by atoms with van der Waals surface area (Å²) in [6, 6.07) is 10.0. The van der Waals surface area contributed by atoms with Crippen LogP contribution in [0.5, 0.6) is 0 Å². The van der Waals surface area contributed by atoms with Crippen LogP contribution in [0.25, 0.3) is 10.6 Å². The van der Waals surface area contributed by atoms with E-state index in [4.69, 9.17) is 0 Å². The zero-order valence-corrected chi connectivity index (χ0v) is 13.6. The number of likely N-dealkylation sites (tertiary alicyclic amines) is 1. The highest BCUT2D eigenvalue weighted by Crippen LogP contribution is 2.25. The minimum absolute atomic E-state index is 0.0687. The van der Waals surface area contributed by atoms with Crippen molar-refractivity contribution >= 4 is 17.2 Å². The number of carbonyl (C=O) groups is 1. The van der Waals surface area contributed by atoms with Crippen molar-refractivity contribution in [3.8, 4) is 10.6 Å². The van der Waals surface area contributed by atoms with Crippen LogP contribution in [0, 0.1) is 5.92 Å². The topological polar surface area (TPSA) is 45.2 Å². The second-order valence-corrected chi connectivity index (χ2v) is 6.58. The molecule has 2 aromatic rings. The van der Waals surface area contributed by atoms with Gasteiger partial charge >= 0.3 is 0 Å². The van der Waals surface area contributed by atoms with Crippen LogP contribution in [-0.4, -0.2) is 42.5 Å². The van der Waals surface area contributed by atoms with Gasteiger partial charge in [-0.3, -0.25) is 4.79 Å². The Labute approximate surface area is 135 Å². The smallest absolute Gasteiger partial charge is 0.273 e. The van der Waals surface area contributed by atoms with Gasteiger partial charge in [0, 0.05) is 24.0 Å². The molecule has 0 bridgehead atoms. The average Bonchev–Trinajstić information content (AvgIpc) is 3.05. The first-order valence-corrected chi connectivity index (χ1v) is 8.60. The first-order valence-electron chi connectivity index (χ1n) is 7.72. The van der Waals surface area contributed by atoms with Gasteiger partial charge in [0.25, 0.3) is 5.91 Å². The third kappa shape index (κ3) is 3.36. The van der Waals surface area contributed by atoms with Crippen LogP contribution in [0.3, 0.4) is 0 Å². The first-order chi connectivity index (χ1) is 10.8. The summed E-state index contributed by atoms with van der Waals surface area (Å²) >= 11 is 1.54. The summed E-state index contributed by atoms with van der Waals surface area (Å²) < 4.78 is 0. The number of benzene rings is 1. The van der Waals surface area contributed by atoms with Crippen LogP contribution in [0.15, 0.2) is 35.7 Å². The van der Waals surface area contributed by atoms with Crippen molar-refractivity contribution < 1.29 is 4.79 Å². The van der Waals surface area contributed by atoms with Gasteiger partial charge in [0.05, 0.1) is 0 Å². The summed E-state index contributed by atoms with van der Waals surface area (Å²) in [5, 5.41) is 6.00. The van der Waals surface area contributed by atoms with Crippen molar-refractivity contribution in [2.75, 3.05) is 26.7 Å². The highest BCUT2D eigenvalue weighted by atomic mass is 32.1. The van der Waals surface area contributed by atoms with Gasteiger partial charge in [0.1, 0.15) is 10.7 Å². The number of piperidine rings is 1. The molecule has 1 saturated heterocycles. The van der Waals surface area contributed by atoms with Crippen molar-refractivity contribution in [3.63, 3.8) is 0 Å². The Morgan fingerprint density at radius 1 is 1.41 bits per heavy atom. The Balaban J connectivity index is 1.71. The molecule has 1 fully saturated rings. The molecule has 0 saturated carbocycles. The molecule has 1 unspecified atom stereocenters. The number of carbonyl (C=O) groups excluding carboxylic acids is 1. The Bertz CT molecular complexity index is 624. The Hall–Kier alpha value is -1.72. The second-order valence-electron chi connectivity index (χ2n) is 5.72. The van der Waals surface area contributed by atoms with E-state index in [1.807, 2.05) is 47.7 Å². The van der Waals surface area contributed by atoms with Crippen molar-refractivity contribution in [2.24, 2.45) is 5.92 Å². The van der Waals surface area contributed by atoms with E-state index >= 15 is 0 Å². The molecule has 0 spiro atoms. The van der Waals surface area contributed by atoms with Gasteiger partial charge in [-0.25, -0.2) is 4.98 Å². The van der Waals surface area contributed by atoms with Gasteiger partial charge in [-0.15, -0.1) is 11.3 Å². The van der Waals surface area contributed by atoms with Gasteiger partial charge in [-0.1, -0.05) is 30.3 Å². The SMILES string of the molecule is CNCC1CCCN(C(=O)c2csc(-c3ccccc3)n2)C1. The summed E-state index contributed by atoms with van der Waals surface area (Å²) in [6.07, 6.45) is 2.27. The molecular weight excluding hydrogens is 294 g/mol. The quantitative estimate of drug-likeness (QED) is 0.943. The zero-order chi connectivity index (χ0) is 15.4. The van der Waals surface area contributed by atoms with Gasteiger partial charge in [-0.05, 0) is 32.4 Å². The van der Waals surface area contributed by atoms with Crippen LogP contribution in [-0.2, 0) is 0 Å². The van der Waals surface area contributed by atoms with Gasteiger partial charge < -0.3 is 10.2 Å². The van der Waals surface area contributed by atoms with Crippen molar-refractivity contribution in [1.82, 2.24) is 15.2 Å². The maximum Gasteiger partial charge on any atom is 0.273 e. The minimum Gasteiger partial charge on any atom is -0.337 e. The van der Waals surface area contributed by atoms with Crippen LogP contribution in [0.2, 0.25) is 0 Å². The van der Waals surface area contributed by atoms with Gasteiger partial charge in [-0.2, -0.15) is 0 Å². The van der Waals surface area contributed by atoms with Crippen LogP contribution >= 0.6 is 11.3 Å². The number of rotatable bonds is 4. The number of hydrogen-bond donors (Lipinski definition) is 1. The fourth-order valence-corrected chi connectivity index (χ4v) is 3.75. The molecule has 116 valence electrons. The number of nitrogens with zero attached hydrogens (tertiary/aromatic N) is 2. The summed E-state index contributed by atoms with van der Waals surface area (Å²) in [7, 11) is 1.97. The van der Waals surface area contributed by atoms with Gasteiger partial charge in [0.15, 0.2) is 0 Å². The number of aromatic nitrogens is 1. The molecule has 22 heavy (non-hydrogen) atoms. The summed E-state index contributed by atoms with van der Waals surface area (Å²) in [6.45, 7) is 2.64. The molecular formula is C17H21N3OS. The summed E-state index contributed by atoms with van der Waals surface area (Å²) in [4.78, 5) is 19.1. The van der Waals surface area contributed by atoms with E-state index in [1.54, 1.807) is 0 Å². The largest absolute Gasteiger partial charge is 0.337 e. The molecule has 1 aliphatic rings. The molecule has 0 aliphatic carbocycles. The lowest BCUT2D eigenvalue weighted by Crippen LogP contribution is -2.42. The average molecular weight is 315 g/mol. The van der Waals surface area contributed by atoms with Crippen LogP contribution in [0.4, 0.5) is 0 Å². The molecule has 1 atom stereocenters. The van der Waals surface area contributed by atoms with E-state index in [9.17, 15) is 4.79 Å². The third-order valence-electron chi connectivity index (χ3n) is 4.04. The zero-order valence-electron chi connectivity index (χ0n) is 12.8. The highest BCUT2D eigenvalue weighted by Gasteiger charge is 2.25. The third-order valence-corrected chi connectivity index (χ3v) is 4.93. The Morgan fingerprint density at radius 3 is 3.00 bits per heavy atom. The maximum atomic E-state index is 12.6. The van der Waals surface area contributed by atoms with E-state index in [1.165, 1.54) is 17.8 Å². The Kier molecular flexibility index (Phi) is 4.85. The number of thiazole rings is 1. The van der Waals surface area contributed by atoms with E-state index in [0.717, 1.165) is 36.6 Å². The lowest BCUT2D eigenvalue weighted by molar-refractivity contribution is 0.0669. The van der Waals surface area contributed by atoms with Crippen molar-refractivity contribution in [3.05, 3.63) is 41.4 Å². The minimum atomic E-state index is 0.0687. The molecule has 1 aliphatic heterocycles. The maximum absolute atomic E-state index is 12.6. The predicted molar refractivity (Wildman–Crippen MR) is 90.1 cm³/mol.